The molecule has 0 aliphatic carbocycles. The Labute approximate surface area is 115 Å². The zero-order valence-electron chi connectivity index (χ0n) is 11.3. The van der Waals surface area contributed by atoms with E-state index in [9.17, 15) is 0 Å². The van der Waals surface area contributed by atoms with Crippen LogP contribution in [0.5, 0.6) is 0 Å². The van der Waals surface area contributed by atoms with Crippen molar-refractivity contribution in [3.8, 4) is 0 Å². The molecule has 0 saturated heterocycles. The molecule has 2 nitrogen and oxygen atoms in total. The molecule has 0 bridgehead atoms. The highest BCUT2D eigenvalue weighted by atomic mass is 35.5. The number of aliphatic hydroxyl groups excluding tert-OH is 1. The van der Waals surface area contributed by atoms with Crippen LogP contribution in [0.2, 0.25) is 5.02 Å². The zero-order chi connectivity index (χ0) is 13.4. The maximum Gasteiger partial charge on any atom is 0.0434 e. The van der Waals surface area contributed by atoms with Gasteiger partial charge >= 0.3 is 0 Å². The normalized spacial score (nSPS) is 14.4. The van der Waals surface area contributed by atoms with Crippen molar-refractivity contribution < 1.29 is 5.11 Å². The van der Waals surface area contributed by atoms with E-state index in [4.69, 9.17) is 16.7 Å². The minimum atomic E-state index is 0.276. The second kappa shape index (κ2) is 8.52. The second-order valence-corrected chi connectivity index (χ2v) is 5.14. The summed E-state index contributed by atoms with van der Waals surface area (Å²) >= 11 is 5.90. The van der Waals surface area contributed by atoms with Crippen molar-refractivity contribution in [1.29, 1.82) is 0 Å². The fourth-order valence-electron chi connectivity index (χ4n) is 2.14. The molecule has 2 unspecified atom stereocenters. The third-order valence-corrected chi connectivity index (χ3v) is 3.70. The van der Waals surface area contributed by atoms with E-state index in [1.165, 1.54) is 5.56 Å². The Balaban J connectivity index is 2.53. The van der Waals surface area contributed by atoms with Crippen molar-refractivity contribution in [2.75, 3.05) is 13.2 Å². The molecule has 2 N–H and O–H groups in total. The van der Waals surface area contributed by atoms with Gasteiger partial charge in [-0.25, -0.2) is 0 Å². The Morgan fingerprint density at radius 3 is 2.33 bits per heavy atom. The second-order valence-electron chi connectivity index (χ2n) is 4.71. The molecule has 0 heterocycles. The summed E-state index contributed by atoms with van der Waals surface area (Å²) in [6, 6.07) is 8.40. The highest BCUT2D eigenvalue weighted by Gasteiger charge is 2.11. The van der Waals surface area contributed by atoms with Crippen molar-refractivity contribution >= 4 is 11.6 Å². The average Bonchev–Trinajstić information content (AvgIpc) is 2.40. The lowest BCUT2D eigenvalue weighted by molar-refractivity contribution is 0.248. The lowest BCUT2D eigenvalue weighted by Crippen LogP contribution is -2.27. The summed E-state index contributed by atoms with van der Waals surface area (Å²) in [6.45, 7) is 5.58. The smallest absolute Gasteiger partial charge is 0.0434 e. The molecule has 0 aliphatic heterocycles. The zero-order valence-corrected chi connectivity index (χ0v) is 12.1. The van der Waals surface area contributed by atoms with Gasteiger partial charge in [0.05, 0.1) is 0 Å². The van der Waals surface area contributed by atoms with E-state index in [1.54, 1.807) is 0 Å². The molecule has 0 amide bonds. The van der Waals surface area contributed by atoms with Gasteiger partial charge < -0.3 is 10.4 Å². The number of hydrogen-bond acceptors (Lipinski definition) is 2. The Kier molecular flexibility index (Phi) is 7.33. The molecule has 1 aromatic carbocycles. The van der Waals surface area contributed by atoms with Crippen molar-refractivity contribution in [1.82, 2.24) is 5.32 Å². The summed E-state index contributed by atoms with van der Waals surface area (Å²) < 4.78 is 0. The number of halogens is 1. The van der Waals surface area contributed by atoms with Gasteiger partial charge in [-0.2, -0.15) is 0 Å². The molecule has 0 saturated carbocycles. The van der Waals surface area contributed by atoms with Crippen LogP contribution in [-0.4, -0.2) is 18.3 Å². The SMILES string of the molecule is CCC(CCO)CNC(CC)c1ccc(Cl)cc1. The molecule has 0 radical (unpaired) electrons. The third-order valence-electron chi connectivity index (χ3n) is 3.45. The van der Waals surface area contributed by atoms with Gasteiger partial charge in [0.15, 0.2) is 0 Å². The average molecular weight is 270 g/mol. The number of hydrogen-bond donors (Lipinski definition) is 2. The van der Waals surface area contributed by atoms with E-state index >= 15 is 0 Å². The van der Waals surface area contributed by atoms with E-state index in [-0.39, 0.29) is 6.61 Å². The fraction of sp³-hybridized carbons (Fsp3) is 0.600. The molecule has 3 heteroatoms. The molecular formula is C15H24ClNO. The predicted octanol–water partition coefficient (Wildman–Crippen LogP) is 3.79. The molecule has 1 aromatic rings. The van der Waals surface area contributed by atoms with Gasteiger partial charge in [0.2, 0.25) is 0 Å². The van der Waals surface area contributed by atoms with Crippen LogP contribution in [0, 0.1) is 5.92 Å². The highest BCUT2D eigenvalue weighted by Crippen LogP contribution is 2.20. The third kappa shape index (κ3) is 4.97. The van der Waals surface area contributed by atoms with Gasteiger partial charge in [0.25, 0.3) is 0 Å². The summed E-state index contributed by atoms with van der Waals surface area (Å²) in [5.74, 6) is 0.552. The van der Waals surface area contributed by atoms with Crippen LogP contribution >= 0.6 is 11.6 Å². The first-order valence-corrected chi connectivity index (χ1v) is 7.18. The van der Waals surface area contributed by atoms with Crippen LogP contribution in [0.3, 0.4) is 0 Å². The Morgan fingerprint density at radius 2 is 1.83 bits per heavy atom. The molecule has 2 atom stereocenters. The number of nitrogens with one attached hydrogen (secondary N) is 1. The van der Waals surface area contributed by atoms with Crippen LogP contribution < -0.4 is 5.32 Å². The molecule has 102 valence electrons. The summed E-state index contributed by atoms with van der Waals surface area (Å²) in [5.41, 5.74) is 1.28. The van der Waals surface area contributed by atoms with Crippen molar-refractivity contribution in [3.63, 3.8) is 0 Å². The van der Waals surface area contributed by atoms with Gasteiger partial charge in [-0.15, -0.1) is 0 Å². The Morgan fingerprint density at radius 1 is 1.17 bits per heavy atom. The van der Waals surface area contributed by atoms with Crippen LogP contribution in [0.25, 0.3) is 0 Å². The summed E-state index contributed by atoms with van der Waals surface area (Å²) in [5, 5.41) is 13.4. The molecule has 0 spiro atoms. The first-order valence-electron chi connectivity index (χ1n) is 6.80. The fourth-order valence-corrected chi connectivity index (χ4v) is 2.26. The molecular weight excluding hydrogens is 246 g/mol. The number of benzene rings is 1. The van der Waals surface area contributed by atoms with E-state index in [1.807, 2.05) is 12.1 Å². The van der Waals surface area contributed by atoms with Crippen LogP contribution in [0.1, 0.15) is 44.7 Å². The summed E-state index contributed by atoms with van der Waals surface area (Å²) in [7, 11) is 0. The number of aliphatic hydroxyl groups is 1. The molecule has 0 aromatic heterocycles. The minimum Gasteiger partial charge on any atom is -0.396 e. The van der Waals surface area contributed by atoms with Gasteiger partial charge in [-0.05, 0) is 43.0 Å². The predicted molar refractivity (Wildman–Crippen MR) is 78.0 cm³/mol. The van der Waals surface area contributed by atoms with E-state index in [2.05, 4.69) is 31.3 Å². The van der Waals surface area contributed by atoms with Crippen molar-refractivity contribution in [2.45, 2.75) is 39.2 Å². The first-order chi connectivity index (χ1) is 8.71. The Bertz CT molecular complexity index is 326. The van der Waals surface area contributed by atoms with Crippen molar-refractivity contribution in [3.05, 3.63) is 34.9 Å². The van der Waals surface area contributed by atoms with Crippen LogP contribution in [-0.2, 0) is 0 Å². The van der Waals surface area contributed by atoms with Crippen LogP contribution in [0.4, 0.5) is 0 Å². The van der Waals surface area contributed by atoms with Gasteiger partial charge in [0.1, 0.15) is 0 Å². The molecule has 0 fully saturated rings. The quantitative estimate of drug-likeness (QED) is 0.753. The van der Waals surface area contributed by atoms with E-state index < -0.39 is 0 Å². The van der Waals surface area contributed by atoms with Gasteiger partial charge in [-0.1, -0.05) is 44.0 Å². The van der Waals surface area contributed by atoms with Crippen molar-refractivity contribution in [2.24, 2.45) is 5.92 Å². The Hall–Kier alpha value is -0.570. The van der Waals surface area contributed by atoms with Gasteiger partial charge in [0, 0.05) is 17.7 Å². The van der Waals surface area contributed by atoms with E-state index in [0.717, 1.165) is 30.8 Å². The molecule has 1 rings (SSSR count). The highest BCUT2D eigenvalue weighted by molar-refractivity contribution is 6.30. The molecule has 0 aliphatic rings. The monoisotopic (exact) mass is 269 g/mol. The molecule has 18 heavy (non-hydrogen) atoms. The largest absolute Gasteiger partial charge is 0.396 e. The summed E-state index contributed by atoms with van der Waals surface area (Å²) in [6.07, 6.45) is 3.03. The van der Waals surface area contributed by atoms with E-state index in [0.29, 0.717) is 12.0 Å². The lowest BCUT2D eigenvalue weighted by Gasteiger charge is -2.21. The maximum atomic E-state index is 9.00. The standard InChI is InChI=1S/C15H24ClNO/c1-3-12(9-10-18)11-17-15(4-2)13-5-7-14(16)8-6-13/h5-8,12,15,17-18H,3-4,9-11H2,1-2H3. The number of rotatable bonds is 8. The topological polar surface area (TPSA) is 32.3 Å². The van der Waals surface area contributed by atoms with Crippen LogP contribution in [0.15, 0.2) is 24.3 Å². The van der Waals surface area contributed by atoms with Gasteiger partial charge in [-0.3, -0.25) is 0 Å². The minimum absolute atomic E-state index is 0.276. The summed E-state index contributed by atoms with van der Waals surface area (Å²) in [4.78, 5) is 0. The first kappa shape index (κ1) is 15.5. The lowest BCUT2D eigenvalue weighted by atomic mass is 10.00. The maximum absolute atomic E-state index is 9.00.